The molecule has 3 rings (SSSR count). The third kappa shape index (κ3) is 2.31. The molecule has 0 amide bonds. The molecule has 0 atom stereocenters. The molecule has 0 N–H and O–H groups in total. The maximum atomic E-state index is 11.7. The monoisotopic (exact) mass is 276 g/mol. The van der Waals surface area contributed by atoms with Crippen LogP contribution in [0.1, 0.15) is 5.76 Å². The van der Waals surface area contributed by atoms with Crippen LogP contribution in [0.25, 0.3) is 11.2 Å². The van der Waals surface area contributed by atoms with E-state index in [0.29, 0.717) is 17.8 Å². The average molecular weight is 276 g/mol. The number of nitrogens with zero attached hydrogens (tertiary/aromatic N) is 2. The van der Waals surface area contributed by atoms with Gasteiger partial charge in [-0.2, -0.15) is 0 Å². The van der Waals surface area contributed by atoms with Crippen molar-refractivity contribution in [3.05, 3.63) is 47.0 Å². The number of thioether (sulfide) groups is 1. The summed E-state index contributed by atoms with van der Waals surface area (Å²) >= 11 is 1.65. The maximum absolute atomic E-state index is 11.7. The van der Waals surface area contributed by atoms with Crippen molar-refractivity contribution in [2.45, 2.75) is 18.4 Å². The molecule has 0 saturated heterocycles. The van der Waals surface area contributed by atoms with Gasteiger partial charge in [-0.1, -0.05) is 0 Å². The van der Waals surface area contributed by atoms with Crippen LogP contribution in [0.2, 0.25) is 0 Å². The van der Waals surface area contributed by atoms with Gasteiger partial charge in [0.1, 0.15) is 5.76 Å². The van der Waals surface area contributed by atoms with Gasteiger partial charge in [0.2, 0.25) is 0 Å². The summed E-state index contributed by atoms with van der Waals surface area (Å²) in [6.45, 7) is 2.47. The molecule has 3 heterocycles. The van der Waals surface area contributed by atoms with Crippen molar-refractivity contribution in [1.82, 2.24) is 9.55 Å². The van der Waals surface area contributed by atoms with Gasteiger partial charge in [-0.3, -0.25) is 4.57 Å². The Morgan fingerprint density at radius 2 is 2.32 bits per heavy atom. The van der Waals surface area contributed by atoms with Gasteiger partial charge >= 0.3 is 5.76 Å². The van der Waals surface area contributed by atoms with Crippen LogP contribution in [0.3, 0.4) is 0 Å². The minimum atomic E-state index is -0.363. The average Bonchev–Trinajstić information content (AvgIpc) is 2.94. The molecule has 0 radical (unpaired) electrons. The number of rotatable bonds is 4. The second-order valence-electron chi connectivity index (χ2n) is 4.03. The maximum Gasteiger partial charge on any atom is 0.421 e. The van der Waals surface area contributed by atoms with E-state index >= 15 is 0 Å². The zero-order valence-corrected chi connectivity index (χ0v) is 11.1. The molecule has 0 unspecified atom stereocenters. The van der Waals surface area contributed by atoms with Crippen molar-refractivity contribution >= 4 is 23.0 Å². The van der Waals surface area contributed by atoms with Gasteiger partial charge in [-0.15, -0.1) is 11.8 Å². The topological polar surface area (TPSA) is 61.2 Å². The van der Waals surface area contributed by atoms with E-state index in [4.69, 9.17) is 8.83 Å². The molecule has 0 bridgehead atoms. The van der Waals surface area contributed by atoms with Crippen LogP contribution in [-0.2, 0) is 6.54 Å². The lowest BCUT2D eigenvalue weighted by Gasteiger charge is -2.01. The summed E-state index contributed by atoms with van der Waals surface area (Å²) < 4.78 is 11.9. The minimum Gasteiger partial charge on any atom is -0.468 e. The van der Waals surface area contributed by atoms with Crippen LogP contribution in [0.5, 0.6) is 0 Å². The predicted octanol–water partition coefficient (Wildman–Crippen LogP) is 2.68. The molecule has 6 heteroatoms. The molecular weight excluding hydrogens is 264 g/mol. The molecule has 98 valence electrons. The van der Waals surface area contributed by atoms with Crippen molar-refractivity contribution in [1.29, 1.82) is 0 Å². The van der Waals surface area contributed by atoms with E-state index < -0.39 is 0 Å². The smallest absolute Gasteiger partial charge is 0.421 e. The van der Waals surface area contributed by atoms with Crippen LogP contribution in [0, 0.1) is 6.92 Å². The van der Waals surface area contributed by atoms with Gasteiger partial charge < -0.3 is 8.83 Å². The number of aromatic nitrogens is 2. The highest BCUT2D eigenvalue weighted by atomic mass is 32.2. The first-order valence-corrected chi connectivity index (χ1v) is 6.85. The van der Waals surface area contributed by atoms with E-state index in [1.165, 1.54) is 0 Å². The van der Waals surface area contributed by atoms with Gasteiger partial charge in [0.05, 0.1) is 6.26 Å². The van der Waals surface area contributed by atoms with E-state index in [1.54, 1.807) is 40.9 Å². The van der Waals surface area contributed by atoms with E-state index in [-0.39, 0.29) is 5.76 Å². The predicted molar refractivity (Wildman–Crippen MR) is 72.4 cm³/mol. The summed E-state index contributed by atoms with van der Waals surface area (Å²) in [6, 6.07) is 5.42. The summed E-state index contributed by atoms with van der Waals surface area (Å²) in [7, 11) is 0. The van der Waals surface area contributed by atoms with E-state index in [2.05, 4.69) is 4.98 Å². The van der Waals surface area contributed by atoms with Gasteiger partial charge in [0.15, 0.2) is 11.2 Å². The minimum absolute atomic E-state index is 0.363. The summed E-state index contributed by atoms with van der Waals surface area (Å²) in [4.78, 5) is 17.0. The first-order chi connectivity index (χ1) is 9.25. The summed E-state index contributed by atoms with van der Waals surface area (Å²) in [5, 5.41) is 0. The first kappa shape index (κ1) is 12.1. The Hall–Kier alpha value is -1.95. The lowest BCUT2D eigenvalue weighted by Crippen LogP contribution is -2.15. The number of furan rings is 1. The van der Waals surface area contributed by atoms with Gasteiger partial charge in [-0.25, -0.2) is 9.78 Å². The quantitative estimate of drug-likeness (QED) is 0.686. The SMILES string of the molecule is Cc1occc1SCCn1c(=O)oc2cccnc21. The van der Waals surface area contributed by atoms with Gasteiger partial charge in [-0.05, 0) is 25.1 Å². The van der Waals surface area contributed by atoms with Crippen molar-refractivity contribution in [3.63, 3.8) is 0 Å². The molecule has 0 fully saturated rings. The number of hydrogen-bond acceptors (Lipinski definition) is 5. The third-order valence-electron chi connectivity index (χ3n) is 2.81. The third-order valence-corrected chi connectivity index (χ3v) is 3.93. The van der Waals surface area contributed by atoms with Crippen molar-refractivity contribution in [2.24, 2.45) is 0 Å². The number of aryl methyl sites for hydroxylation is 2. The van der Waals surface area contributed by atoms with Crippen molar-refractivity contribution < 1.29 is 8.83 Å². The Labute approximate surface area is 113 Å². The number of fused-ring (bicyclic) bond motifs is 1. The molecule has 0 aliphatic heterocycles. The fourth-order valence-electron chi connectivity index (χ4n) is 1.87. The first-order valence-electron chi connectivity index (χ1n) is 5.87. The Balaban J connectivity index is 1.77. The van der Waals surface area contributed by atoms with E-state index in [1.807, 2.05) is 13.0 Å². The molecule has 3 aromatic heterocycles. The fourth-order valence-corrected chi connectivity index (χ4v) is 2.76. The highest BCUT2D eigenvalue weighted by Crippen LogP contribution is 2.23. The van der Waals surface area contributed by atoms with Crippen molar-refractivity contribution in [2.75, 3.05) is 5.75 Å². The Morgan fingerprint density at radius 1 is 1.42 bits per heavy atom. The van der Waals surface area contributed by atoms with Crippen LogP contribution < -0.4 is 5.76 Å². The van der Waals surface area contributed by atoms with Crippen LogP contribution in [0.4, 0.5) is 0 Å². The molecule has 0 spiro atoms. The summed E-state index contributed by atoms with van der Waals surface area (Å²) in [5.74, 6) is 1.29. The highest BCUT2D eigenvalue weighted by molar-refractivity contribution is 7.99. The number of oxazole rings is 1. The van der Waals surface area contributed by atoms with E-state index in [9.17, 15) is 4.79 Å². The number of hydrogen-bond donors (Lipinski definition) is 0. The Kier molecular flexibility index (Phi) is 3.16. The van der Waals surface area contributed by atoms with Crippen molar-refractivity contribution in [3.8, 4) is 0 Å². The largest absolute Gasteiger partial charge is 0.468 e. The van der Waals surface area contributed by atoms with Crippen LogP contribution >= 0.6 is 11.8 Å². The second-order valence-corrected chi connectivity index (χ2v) is 5.17. The zero-order chi connectivity index (χ0) is 13.2. The second kappa shape index (κ2) is 4.97. The molecule has 0 saturated carbocycles. The van der Waals surface area contributed by atoms with Crippen LogP contribution in [0.15, 0.2) is 49.2 Å². The molecule has 0 aromatic carbocycles. The lowest BCUT2D eigenvalue weighted by atomic mass is 10.4. The van der Waals surface area contributed by atoms with E-state index in [0.717, 1.165) is 16.4 Å². The van der Waals surface area contributed by atoms with Crippen LogP contribution in [-0.4, -0.2) is 15.3 Å². The Bertz CT molecular complexity index is 756. The molecule has 5 nitrogen and oxygen atoms in total. The summed E-state index contributed by atoms with van der Waals surface area (Å²) in [6.07, 6.45) is 3.32. The molecule has 3 aromatic rings. The molecule has 19 heavy (non-hydrogen) atoms. The molecular formula is C13H12N2O3S. The van der Waals surface area contributed by atoms with Gasteiger partial charge in [0, 0.05) is 23.4 Å². The summed E-state index contributed by atoms with van der Waals surface area (Å²) in [5.41, 5.74) is 1.12. The standard InChI is InChI=1S/C13H12N2O3S/c1-9-11(4-7-17-9)19-8-6-15-12-10(18-13(15)16)3-2-5-14-12/h2-5,7H,6,8H2,1H3. The molecule has 0 aliphatic rings. The molecule has 0 aliphatic carbocycles. The van der Waals surface area contributed by atoms with Gasteiger partial charge in [0.25, 0.3) is 0 Å². The fraction of sp³-hybridized carbons (Fsp3) is 0.231. The highest BCUT2D eigenvalue weighted by Gasteiger charge is 2.10. The lowest BCUT2D eigenvalue weighted by molar-refractivity contribution is 0.514. The number of pyridine rings is 1. The normalized spacial score (nSPS) is 11.2. The Morgan fingerprint density at radius 3 is 3.11 bits per heavy atom. The zero-order valence-electron chi connectivity index (χ0n) is 10.3.